The van der Waals surface area contributed by atoms with Crippen LogP contribution in [0.4, 0.5) is 5.69 Å². The van der Waals surface area contributed by atoms with Gasteiger partial charge in [0, 0.05) is 18.3 Å². The minimum atomic E-state index is 0.297. The second-order valence-corrected chi connectivity index (χ2v) is 4.25. The minimum Gasteiger partial charge on any atom is -0.493 e. The predicted molar refractivity (Wildman–Crippen MR) is 71.5 cm³/mol. The SMILES string of the molecule is CCCCC(CN)Nc1cc(C)ncc1OC. The van der Waals surface area contributed by atoms with Gasteiger partial charge in [-0.2, -0.15) is 0 Å². The van der Waals surface area contributed by atoms with Crippen LogP contribution in [0.1, 0.15) is 31.9 Å². The summed E-state index contributed by atoms with van der Waals surface area (Å²) < 4.78 is 5.28. The number of hydrogen-bond donors (Lipinski definition) is 2. The zero-order valence-corrected chi connectivity index (χ0v) is 11.0. The zero-order chi connectivity index (χ0) is 12.7. The molecule has 1 unspecified atom stereocenters. The van der Waals surface area contributed by atoms with Crippen molar-refractivity contribution >= 4 is 5.69 Å². The lowest BCUT2D eigenvalue weighted by atomic mass is 10.1. The average Bonchev–Trinajstić information content (AvgIpc) is 2.34. The van der Waals surface area contributed by atoms with Crippen molar-refractivity contribution < 1.29 is 4.74 Å². The first-order valence-corrected chi connectivity index (χ1v) is 6.18. The topological polar surface area (TPSA) is 60.2 Å². The Labute approximate surface area is 104 Å². The number of aryl methyl sites for hydroxylation is 1. The van der Waals surface area contributed by atoms with Crippen molar-refractivity contribution in [3.63, 3.8) is 0 Å². The number of ether oxygens (including phenoxy) is 1. The monoisotopic (exact) mass is 237 g/mol. The molecule has 4 heteroatoms. The predicted octanol–water partition coefficient (Wildman–Crippen LogP) is 2.33. The molecule has 0 aliphatic carbocycles. The summed E-state index contributed by atoms with van der Waals surface area (Å²) in [5, 5.41) is 3.43. The maximum atomic E-state index is 5.77. The fourth-order valence-corrected chi connectivity index (χ4v) is 1.74. The van der Waals surface area contributed by atoms with Crippen LogP contribution in [0.2, 0.25) is 0 Å². The highest BCUT2D eigenvalue weighted by Gasteiger charge is 2.10. The molecule has 0 aliphatic heterocycles. The highest BCUT2D eigenvalue weighted by molar-refractivity contribution is 5.56. The standard InChI is InChI=1S/C13H23N3O/c1-4-5-6-11(8-14)16-12-7-10(2)15-9-13(12)17-3/h7,9,11H,4-6,8,14H2,1-3H3,(H,15,16). The summed E-state index contributed by atoms with van der Waals surface area (Å²) in [7, 11) is 1.65. The molecule has 17 heavy (non-hydrogen) atoms. The Hall–Kier alpha value is -1.29. The number of anilines is 1. The number of rotatable bonds is 7. The van der Waals surface area contributed by atoms with E-state index in [0.717, 1.165) is 23.6 Å². The summed E-state index contributed by atoms with van der Waals surface area (Å²) in [6.45, 7) is 4.78. The first-order chi connectivity index (χ1) is 8.21. The average molecular weight is 237 g/mol. The molecule has 0 aliphatic rings. The number of methoxy groups -OCH3 is 1. The van der Waals surface area contributed by atoms with Gasteiger partial charge in [-0.3, -0.25) is 4.98 Å². The van der Waals surface area contributed by atoms with Gasteiger partial charge in [0.05, 0.1) is 19.0 Å². The van der Waals surface area contributed by atoms with Gasteiger partial charge in [-0.05, 0) is 19.4 Å². The van der Waals surface area contributed by atoms with Crippen LogP contribution in [0.3, 0.4) is 0 Å². The fourth-order valence-electron chi connectivity index (χ4n) is 1.74. The van der Waals surface area contributed by atoms with Gasteiger partial charge in [0.2, 0.25) is 0 Å². The maximum Gasteiger partial charge on any atom is 0.160 e. The molecule has 0 amide bonds. The Morgan fingerprint density at radius 3 is 2.88 bits per heavy atom. The lowest BCUT2D eigenvalue weighted by molar-refractivity contribution is 0.413. The van der Waals surface area contributed by atoms with E-state index < -0.39 is 0 Å². The van der Waals surface area contributed by atoms with E-state index in [4.69, 9.17) is 10.5 Å². The van der Waals surface area contributed by atoms with Crippen LogP contribution in [0.15, 0.2) is 12.3 Å². The lowest BCUT2D eigenvalue weighted by Crippen LogP contribution is -2.29. The molecule has 1 rings (SSSR count). The molecule has 1 heterocycles. The molecule has 0 spiro atoms. The van der Waals surface area contributed by atoms with Crippen molar-refractivity contribution in [2.75, 3.05) is 19.0 Å². The van der Waals surface area contributed by atoms with Gasteiger partial charge in [-0.1, -0.05) is 19.8 Å². The maximum absolute atomic E-state index is 5.77. The van der Waals surface area contributed by atoms with Gasteiger partial charge in [0.25, 0.3) is 0 Å². The van der Waals surface area contributed by atoms with Crippen LogP contribution in [-0.2, 0) is 0 Å². The number of nitrogens with two attached hydrogens (primary N) is 1. The van der Waals surface area contributed by atoms with Crippen LogP contribution >= 0.6 is 0 Å². The van der Waals surface area contributed by atoms with Crippen molar-refractivity contribution in [3.8, 4) is 5.75 Å². The number of hydrogen-bond acceptors (Lipinski definition) is 4. The van der Waals surface area contributed by atoms with E-state index in [1.165, 1.54) is 12.8 Å². The van der Waals surface area contributed by atoms with Crippen LogP contribution in [0, 0.1) is 6.92 Å². The van der Waals surface area contributed by atoms with E-state index in [1.807, 2.05) is 13.0 Å². The van der Waals surface area contributed by atoms with Gasteiger partial charge in [0.15, 0.2) is 5.75 Å². The van der Waals surface area contributed by atoms with Crippen LogP contribution in [0.25, 0.3) is 0 Å². The highest BCUT2D eigenvalue weighted by atomic mass is 16.5. The first-order valence-electron chi connectivity index (χ1n) is 6.18. The van der Waals surface area contributed by atoms with Crippen LogP contribution in [0.5, 0.6) is 5.75 Å². The molecule has 96 valence electrons. The number of pyridine rings is 1. The first kappa shape index (κ1) is 13.8. The molecule has 1 aromatic heterocycles. The normalized spacial score (nSPS) is 12.2. The molecule has 3 N–H and O–H groups in total. The molecule has 0 aromatic carbocycles. The van der Waals surface area contributed by atoms with Gasteiger partial charge >= 0.3 is 0 Å². The smallest absolute Gasteiger partial charge is 0.160 e. The molecule has 0 fully saturated rings. The van der Waals surface area contributed by atoms with Crippen LogP contribution in [-0.4, -0.2) is 24.7 Å². The summed E-state index contributed by atoms with van der Waals surface area (Å²) in [6.07, 6.45) is 5.19. The van der Waals surface area contributed by atoms with Crippen molar-refractivity contribution in [3.05, 3.63) is 18.0 Å². The Morgan fingerprint density at radius 2 is 2.29 bits per heavy atom. The lowest BCUT2D eigenvalue weighted by Gasteiger charge is -2.19. The summed E-state index contributed by atoms with van der Waals surface area (Å²) in [5.74, 6) is 0.769. The van der Waals surface area contributed by atoms with Gasteiger partial charge < -0.3 is 15.8 Å². The van der Waals surface area contributed by atoms with E-state index in [1.54, 1.807) is 13.3 Å². The van der Waals surface area contributed by atoms with E-state index in [-0.39, 0.29) is 0 Å². The fraction of sp³-hybridized carbons (Fsp3) is 0.615. The summed E-state index contributed by atoms with van der Waals surface area (Å²) in [6, 6.07) is 2.29. The third kappa shape index (κ3) is 4.23. The Bertz CT molecular complexity index is 341. The molecular formula is C13H23N3O. The highest BCUT2D eigenvalue weighted by Crippen LogP contribution is 2.24. The largest absolute Gasteiger partial charge is 0.493 e. The van der Waals surface area contributed by atoms with Gasteiger partial charge in [-0.15, -0.1) is 0 Å². The molecule has 0 saturated carbocycles. The summed E-state index contributed by atoms with van der Waals surface area (Å²) >= 11 is 0. The Kier molecular flexibility index (Phi) is 5.77. The van der Waals surface area contributed by atoms with E-state index in [2.05, 4.69) is 17.2 Å². The molecule has 0 radical (unpaired) electrons. The van der Waals surface area contributed by atoms with Crippen molar-refractivity contribution in [2.24, 2.45) is 5.73 Å². The van der Waals surface area contributed by atoms with Crippen molar-refractivity contribution in [2.45, 2.75) is 39.2 Å². The molecule has 0 saturated heterocycles. The number of nitrogens with zero attached hydrogens (tertiary/aromatic N) is 1. The number of aromatic nitrogens is 1. The van der Waals surface area contributed by atoms with Crippen molar-refractivity contribution in [1.29, 1.82) is 0 Å². The molecule has 1 aromatic rings. The van der Waals surface area contributed by atoms with E-state index in [9.17, 15) is 0 Å². The van der Waals surface area contributed by atoms with Gasteiger partial charge in [0.1, 0.15) is 0 Å². The third-order valence-electron chi connectivity index (χ3n) is 2.77. The minimum absolute atomic E-state index is 0.297. The third-order valence-corrected chi connectivity index (χ3v) is 2.77. The Morgan fingerprint density at radius 1 is 1.53 bits per heavy atom. The molecule has 0 bridgehead atoms. The number of unbranched alkanes of at least 4 members (excludes halogenated alkanes) is 1. The second kappa shape index (κ2) is 7.12. The van der Waals surface area contributed by atoms with Crippen molar-refractivity contribution in [1.82, 2.24) is 4.98 Å². The van der Waals surface area contributed by atoms with Gasteiger partial charge in [-0.25, -0.2) is 0 Å². The number of nitrogens with one attached hydrogen (secondary N) is 1. The molecular weight excluding hydrogens is 214 g/mol. The second-order valence-electron chi connectivity index (χ2n) is 4.25. The molecule has 1 atom stereocenters. The van der Waals surface area contributed by atoms with Crippen LogP contribution < -0.4 is 15.8 Å². The Balaban J connectivity index is 2.73. The molecule has 4 nitrogen and oxygen atoms in total. The summed E-state index contributed by atoms with van der Waals surface area (Å²) in [5.41, 5.74) is 7.72. The summed E-state index contributed by atoms with van der Waals surface area (Å²) in [4.78, 5) is 4.21. The quantitative estimate of drug-likeness (QED) is 0.764. The zero-order valence-electron chi connectivity index (χ0n) is 11.0. The van der Waals surface area contributed by atoms with E-state index in [0.29, 0.717) is 12.6 Å². The van der Waals surface area contributed by atoms with E-state index >= 15 is 0 Å².